The molecular weight excluding hydrogens is 328 g/mol. The van der Waals surface area contributed by atoms with Crippen LogP contribution in [0.25, 0.3) is 11.0 Å². The lowest BCUT2D eigenvalue weighted by Crippen LogP contribution is -1.99. The van der Waals surface area contributed by atoms with Gasteiger partial charge in [-0.2, -0.15) is 0 Å². The molecule has 2 aromatic carbocycles. The Morgan fingerprint density at radius 1 is 0.947 bits per heavy atom. The highest BCUT2D eigenvalue weighted by Crippen LogP contribution is 2.32. The van der Waals surface area contributed by atoms with Crippen LogP contribution in [0.4, 0.5) is 0 Å². The molecular formula is C14H10BrClN2O. The third-order valence-corrected chi connectivity index (χ3v) is 4.30. The Balaban J connectivity index is 2.03. The molecule has 19 heavy (non-hydrogen) atoms. The molecule has 0 aliphatic carbocycles. The minimum absolute atomic E-state index is 0.0626. The first-order valence-electron chi connectivity index (χ1n) is 5.75. The van der Waals surface area contributed by atoms with Gasteiger partial charge in [-0.25, -0.2) is 4.79 Å². The first kappa shape index (κ1) is 12.5. The van der Waals surface area contributed by atoms with Crippen LogP contribution in [-0.4, -0.2) is 9.97 Å². The lowest BCUT2D eigenvalue weighted by atomic mass is 10.0. The van der Waals surface area contributed by atoms with E-state index in [2.05, 4.69) is 25.9 Å². The van der Waals surface area contributed by atoms with E-state index in [0.29, 0.717) is 5.02 Å². The standard InChI is InChI=1S/C14H10BrClN2O/c15-13(8-1-4-10(16)5-2-8)9-3-6-11-12(7-9)18-14(19)17-11/h1-7,13H,(H2,17,18,19). The Kier molecular flexibility index (Phi) is 3.21. The average Bonchev–Trinajstić information content (AvgIpc) is 2.77. The Bertz CT molecular complexity index is 776. The summed E-state index contributed by atoms with van der Waals surface area (Å²) in [5.74, 6) is 0. The third-order valence-electron chi connectivity index (χ3n) is 3.00. The van der Waals surface area contributed by atoms with Gasteiger partial charge in [-0.15, -0.1) is 0 Å². The number of alkyl halides is 1. The highest BCUT2D eigenvalue weighted by Gasteiger charge is 2.11. The van der Waals surface area contributed by atoms with Crippen LogP contribution in [-0.2, 0) is 0 Å². The van der Waals surface area contributed by atoms with Gasteiger partial charge in [-0.3, -0.25) is 0 Å². The molecule has 0 amide bonds. The van der Waals surface area contributed by atoms with Crippen LogP contribution in [0.15, 0.2) is 47.3 Å². The van der Waals surface area contributed by atoms with E-state index < -0.39 is 0 Å². The Hall–Kier alpha value is -1.52. The summed E-state index contributed by atoms with van der Waals surface area (Å²) in [4.78, 5) is 16.8. The summed E-state index contributed by atoms with van der Waals surface area (Å²) >= 11 is 9.55. The molecule has 3 nitrogen and oxygen atoms in total. The molecule has 96 valence electrons. The Labute approximate surface area is 122 Å². The van der Waals surface area contributed by atoms with E-state index >= 15 is 0 Å². The number of H-pyrrole nitrogens is 2. The zero-order chi connectivity index (χ0) is 13.4. The number of hydrogen-bond acceptors (Lipinski definition) is 1. The summed E-state index contributed by atoms with van der Waals surface area (Å²) in [6.07, 6.45) is 0. The van der Waals surface area contributed by atoms with Crippen LogP contribution in [0.1, 0.15) is 16.0 Å². The molecule has 3 aromatic rings. The molecule has 1 heterocycles. The van der Waals surface area contributed by atoms with E-state index in [0.717, 1.165) is 22.2 Å². The van der Waals surface area contributed by atoms with Crippen molar-refractivity contribution >= 4 is 38.6 Å². The molecule has 0 spiro atoms. The van der Waals surface area contributed by atoms with Crippen molar-refractivity contribution in [1.82, 2.24) is 9.97 Å². The number of halogens is 2. The van der Waals surface area contributed by atoms with Crippen LogP contribution in [0.3, 0.4) is 0 Å². The normalized spacial score (nSPS) is 12.7. The lowest BCUT2D eigenvalue weighted by molar-refractivity contribution is 1.18. The fraction of sp³-hybridized carbons (Fsp3) is 0.0714. The molecule has 2 N–H and O–H groups in total. The fourth-order valence-electron chi connectivity index (χ4n) is 2.03. The maximum Gasteiger partial charge on any atom is 0.323 e. The molecule has 0 fully saturated rings. The van der Waals surface area contributed by atoms with Gasteiger partial charge in [-0.1, -0.05) is 45.7 Å². The topological polar surface area (TPSA) is 48.6 Å². The van der Waals surface area contributed by atoms with Gasteiger partial charge in [-0.05, 0) is 35.4 Å². The number of hydrogen-bond donors (Lipinski definition) is 2. The third kappa shape index (κ3) is 2.46. The molecule has 3 rings (SSSR count). The van der Waals surface area contributed by atoms with E-state index in [1.807, 2.05) is 42.5 Å². The lowest BCUT2D eigenvalue weighted by Gasteiger charge is -2.10. The van der Waals surface area contributed by atoms with Gasteiger partial charge in [0.25, 0.3) is 0 Å². The van der Waals surface area contributed by atoms with Crippen LogP contribution in [0, 0.1) is 0 Å². The van der Waals surface area contributed by atoms with Crippen LogP contribution in [0.2, 0.25) is 5.02 Å². The van der Waals surface area contributed by atoms with Crippen molar-refractivity contribution in [2.45, 2.75) is 4.83 Å². The number of imidazole rings is 1. The van der Waals surface area contributed by atoms with Gasteiger partial charge in [0.05, 0.1) is 15.9 Å². The maximum atomic E-state index is 11.2. The fourth-order valence-corrected chi connectivity index (χ4v) is 2.75. The number of nitrogens with one attached hydrogen (secondary N) is 2. The molecule has 0 aliphatic rings. The molecule has 5 heteroatoms. The summed E-state index contributed by atoms with van der Waals surface area (Å²) in [5, 5.41) is 0.717. The number of benzene rings is 2. The van der Waals surface area contributed by atoms with Gasteiger partial charge >= 0.3 is 5.69 Å². The monoisotopic (exact) mass is 336 g/mol. The summed E-state index contributed by atoms with van der Waals surface area (Å²) < 4.78 is 0. The van der Waals surface area contributed by atoms with Crippen molar-refractivity contribution in [2.24, 2.45) is 0 Å². The second-order valence-electron chi connectivity index (χ2n) is 4.30. The number of aromatic nitrogens is 2. The molecule has 0 radical (unpaired) electrons. The quantitative estimate of drug-likeness (QED) is 0.682. The van der Waals surface area contributed by atoms with Crippen LogP contribution >= 0.6 is 27.5 Å². The second kappa shape index (κ2) is 4.87. The van der Waals surface area contributed by atoms with E-state index in [-0.39, 0.29) is 10.5 Å². The van der Waals surface area contributed by atoms with Crippen LogP contribution < -0.4 is 5.69 Å². The predicted molar refractivity (Wildman–Crippen MR) is 81.1 cm³/mol. The van der Waals surface area contributed by atoms with Crippen LogP contribution in [0.5, 0.6) is 0 Å². The molecule has 0 aliphatic heterocycles. The summed E-state index contributed by atoms with van der Waals surface area (Å²) in [7, 11) is 0. The zero-order valence-corrected chi connectivity index (χ0v) is 12.1. The van der Waals surface area contributed by atoms with E-state index in [1.165, 1.54) is 0 Å². The van der Waals surface area contributed by atoms with Crippen molar-refractivity contribution in [2.75, 3.05) is 0 Å². The average molecular weight is 338 g/mol. The number of rotatable bonds is 2. The summed E-state index contributed by atoms with van der Waals surface area (Å²) in [6.45, 7) is 0. The molecule has 0 saturated heterocycles. The predicted octanol–water partition coefficient (Wildman–Crippen LogP) is 3.99. The highest BCUT2D eigenvalue weighted by molar-refractivity contribution is 9.09. The maximum absolute atomic E-state index is 11.2. The number of fused-ring (bicyclic) bond motifs is 1. The number of aromatic amines is 2. The SMILES string of the molecule is O=c1[nH]c2ccc(C(Br)c3ccc(Cl)cc3)cc2[nH]1. The Morgan fingerprint density at radius 3 is 2.32 bits per heavy atom. The van der Waals surface area contributed by atoms with Gasteiger partial charge in [0.1, 0.15) is 0 Å². The van der Waals surface area contributed by atoms with Crippen molar-refractivity contribution in [3.05, 3.63) is 69.1 Å². The van der Waals surface area contributed by atoms with Gasteiger partial charge in [0.15, 0.2) is 0 Å². The first-order valence-corrected chi connectivity index (χ1v) is 7.04. The van der Waals surface area contributed by atoms with E-state index in [9.17, 15) is 4.79 Å². The zero-order valence-electron chi connectivity index (χ0n) is 9.78. The van der Waals surface area contributed by atoms with Crippen molar-refractivity contribution in [1.29, 1.82) is 0 Å². The van der Waals surface area contributed by atoms with Gasteiger partial charge < -0.3 is 9.97 Å². The van der Waals surface area contributed by atoms with Crippen molar-refractivity contribution < 1.29 is 0 Å². The summed E-state index contributed by atoms with van der Waals surface area (Å²) in [5.41, 5.74) is 3.61. The molecule has 1 aromatic heterocycles. The highest BCUT2D eigenvalue weighted by atomic mass is 79.9. The van der Waals surface area contributed by atoms with E-state index in [4.69, 9.17) is 11.6 Å². The molecule has 0 saturated carbocycles. The second-order valence-corrected chi connectivity index (χ2v) is 5.65. The van der Waals surface area contributed by atoms with Gasteiger partial charge in [0.2, 0.25) is 0 Å². The van der Waals surface area contributed by atoms with Gasteiger partial charge in [0, 0.05) is 5.02 Å². The van der Waals surface area contributed by atoms with Crippen molar-refractivity contribution in [3.63, 3.8) is 0 Å². The van der Waals surface area contributed by atoms with E-state index in [1.54, 1.807) is 0 Å². The molecule has 0 bridgehead atoms. The minimum atomic E-state index is -0.190. The molecule has 1 unspecified atom stereocenters. The largest absolute Gasteiger partial charge is 0.323 e. The molecule has 1 atom stereocenters. The first-order chi connectivity index (χ1) is 9.13. The summed E-state index contributed by atoms with van der Waals surface area (Å²) in [6, 6.07) is 13.5. The Morgan fingerprint density at radius 2 is 1.58 bits per heavy atom. The smallest absolute Gasteiger partial charge is 0.306 e. The minimum Gasteiger partial charge on any atom is -0.306 e. The van der Waals surface area contributed by atoms with Crippen molar-refractivity contribution in [3.8, 4) is 0 Å².